The maximum Gasteiger partial charge on any atom is 0.416 e. The third kappa shape index (κ3) is 14.1. The van der Waals surface area contributed by atoms with Crippen LogP contribution in [-0.4, -0.2) is 6.15 Å². The number of halogens is 27. The minimum Gasteiger partial charge on any atom is -0.194 e. The lowest BCUT2D eigenvalue weighted by molar-refractivity contribution is -0.144. The second-order valence-corrected chi connectivity index (χ2v) is 19.2. The lowest BCUT2D eigenvalue weighted by Gasteiger charge is -2.46. The summed E-state index contributed by atoms with van der Waals surface area (Å²) in [7, 11) is -0.417. The molecule has 0 atom stereocenters. The molecule has 0 nitrogen and oxygen atoms in total. The predicted octanol–water partition coefficient (Wildman–Crippen LogP) is 17.0. The molecule has 7 aromatic rings. The molecule has 0 aromatic heterocycles. The van der Waals surface area contributed by atoms with Crippen molar-refractivity contribution in [1.82, 2.24) is 0 Å². The van der Waals surface area contributed by atoms with Gasteiger partial charge in [-0.05, 0) is 72.8 Å². The van der Waals surface area contributed by atoms with Gasteiger partial charge in [0, 0.05) is 0 Å². The Bertz CT molecular complexity index is 2810. The van der Waals surface area contributed by atoms with Gasteiger partial charge in [0.15, 0.2) is 14.7 Å². The Morgan fingerprint density at radius 1 is 0.200 bits per heavy atom. The molecule has 29 heteroatoms. The van der Waals surface area contributed by atoms with Crippen LogP contribution in [0.1, 0.15) is 50.1 Å². The van der Waals surface area contributed by atoms with Gasteiger partial charge in [-0.15, -0.1) is 0 Å². The van der Waals surface area contributed by atoms with Gasteiger partial charge in [-0.25, -0.2) is 0 Å². The van der Waals surface area contributed by atoms with Crippen LogP contribution in [0.15, 0.2) is 172 Å². The van der Waals surface area contributed by atoms with Crippen molar-refractivity contribution in [2.75, 3.05) is 0 Å². The summed E-state index contributed by atoms with van der Waals surface area (Å²) >= 11 is 0. The highest BCUT2D eigenvalue weighted by molar-refractivity contribution is 7.97. The van der Waals surface area contributed by atoms with Gasteiger partial charge in [0.2, 0.25) is 0 Å². The summed E-state index contributed by atoms with van der Waals surface area (Å²) in [6.45, 7) is 0. The van der Waals surface area contributed by atoms with Crippen LogP contribution in [0.4, 0.5) is 119 Å². The van der Waals surface area contributed by atoms with Crippen LogP contribution >= 0.6 is 0 Å². The zero-order chi connectivity index (χ0) is 60.2. The van der Waals surface area contributed by atoms with Crippen molar-refractivity contribution in [2.45, 2.75) is 70.3 Å². The number of hydrogen-bond donors (Lipinski definition) is 0. The molecule has 0 bridgehead atoms. The topological polar surface area (TPSA) is 0 Å². The summed E-state index contributed by atoms with van der Waals surface area (Å²) in [6, 6.07) is 16.3. The summed E-state index contributed by atoms with van der Waals surface area (Å²) in [4.78, 5) is 3.03. The Labute approximate surface area is 434 Å². The average molecular weight is 1190 g/mol. The smallest absolute Gasteiger partial charge is 0.194 e. The van der Waals surface area contributed by atoms with E-state index < -0.39 is 217 Å². The fraction of sp³-hybridized carbons (Fsp3) is 0.176. The first-order valence-corrected chi connectivity index (χ1v) is 22.9. The number of benzene rings is 7. The lowest BCUT2D eigenvalue weighted by Crippen LogP contribution is -2.75. The molecule has 0 fully saturated rings. The van der Waals surface area contributed by atoms with Crippen LogP contribution < -0.4 is 21.9 Å². The fourth-order valence-electron chi connectivity index (χ4n) is 8.37. The zero-order valence-electron chi connectivity index (χ0n) is 38.7. The molecule has 0 saturated heterocycles. The second-order valence-electron chi connectivity index (χ2n) is 17.2. The highest BCUT2D eigenvalue weighted by Gasteiger charge is 2.47. The maximum atomic E-state index is 14.2. The predicted molar refractivity (Wildman–Crippen MR) is 237 cm³/mol. The Hall–Kier alpha value is -6.94. The third-order valence-electron chi connectivity index (χ3n) is 11.8. The molecule has 7 aromatic carbocycles. The van der Waals surface area contributed by atoms with E-state index in [2.05, 4.69) is 0 Å². The molecule has 0 radical (unpaired) electrons. The molecule has 0 unspecified atom stereocenters. The van der Waals surface area contributed by atoms with Gasteiger partial charge in [-0.2, -0.15) is 140 Å². The summed E-state index contributed by atoms with van der Waals surface area (Å²) in [5, 5.41) is 0. The highest BCUT2D eigenvalue weighted by atomic mass is 32.2. The van der Waals surface area contributed by atoms with E-state index in [0.717, 1.165) is 26.8 Å². The quantitative estimate of drug-likeness (QED) is 0.0848. The first-order chi connectivity index (χ1) is 36.3. The molecule has 428 valence electrons. The molecule has 0 heterocycles. The maximum absolute atomic E-state index is 14.2. The van der Waals surface area contributed by atoms with Crippen molar-refractivity contribution in [2.24, 2.45) is 0 Å². The summed E-state index contributed by atoms with van der Waals surface area (Å²) in [5.41, 5.74) is -30.8. The summed E-state index contributed by atoms with van der Waals surface area (Å²) < 4.78 is 379. The summed E-state index contributed by atoms with van der Waals surface area (Å²) in [6.07, 6.45) is -59.1. The Morgan fingerprint density at radius 2 is 0.375 bits per heavy atom. The van der Waals surface area contributed by atoms with Crippen LogP contribution in [-0.2, 0) is 66.5 Å². The van der Waals surface area contributed by atoms with Gasteiger partial charge in [0.1, 0.15) is 6.15 Å². The van der Waals surface area contributed by atoms with E-state index in [4.69, 9.17) is 0 Å². The zero-order valence-corrected chi connectivity index (χ0v) is 39.5. The fourth-order valence-corrected chi connectivity index (χ4v) is 10.5. The number of alkyl halides is 27. The summed E-state index contributed by atoms with van der Waals surface area (Å²) in [5.74, 6) is 0. The molecule has 80 heavy (non-hydrogen) atoms. The Kier molecular flexibility index (Phi) is 16.7. The standard InChI is InChI=1S/C32H12BF24.C19H14F3S/c34-25(35,36)13-1-14(26(37,38)39)6-21(5-13)33(22-7-15(27(40,41)42)2-16(8-22)28(43,44)45,23-9-17(29(46,47)48)3-18(10-23)30(49,50)51)24-11-19(31(52,53)54)4-20(12-24)32(55,56)57;20-19(21,22)15-11-13-18(14-12-15)23(16-7-3-1-4-8-16)17-9-5-2-6-10-17/h1-12H;1-14H/q-1;+1. The van der Waals surface area contributed by atoms with Crippen LogP contribution in [0, 0.1) is 0 Å². The van der Waals surface area contributed by atoms with Gasteiger partial charge in [-0.3, -0.25) is 0 Å². The van der Waals surface area contributed by atoms with Crippen molar-refractivity contribution in [3.05, 3.63) is 208 Å². The normalized spacial score (nSPS) is 13.6. The van der Waals surface area contributed by atoms with E-state index in [9.17, 15) is 119 Å². The van der Waals surface area contributed by atoms with E-state index in [1.165, 1.54) is 0 Å². The van der Waals surface area contributed by atoms with E-state index in [-0.39, 0.29) is 0 Å². The van der Waals surface area contributed by atoms with Crippen molar-refractivity contribution >= 4 is 38.9 Å². The van der Waals surface area contributed by atoms with E-state index in [0.29, 0.717) is 0 Å². The molecule has 0 N–H and O–H groups in total. The first-order valence-electron chi connectivity index (χ1n) is 21.7. The Balaban J connectivity index is 0.000000370. The van der Waals surface area contributed by atoms with Gasteiger partial charge >= 0.3 is 55.6 Å². The van der Waals surface area contributed by atoms with Crippen molar-refractivity contribution in [1.29, 1.82) is 0 Å². The van der Waals surface area contributed by atoms with Crippen LogP contribution in [0.3, 0.4) is 0 Å². The van der Waals surface area contributed by atoms with Crippen LogP contribution in [0.25, 0.3) is 0 Å². The molecule has 0 aliphatic heterocycles. The van der Waals surface area contributed by atoms with Gasteiger partial charge < -0.3 is 0 Å². The third-order valence-corrected chi connectivity index (χ3v) is 14.0. The SMILES string of the molecule is FC(F)(F)c1cc([B-](c2cc(C(F)(F)F)cc(C(F)(F)F)c2)(c2cc(C(F)(F)F)cc(C(F)(F)F)c2)c2cc(C(F)(F)F)cc(C(F)(F)F)c2)cc(C(F)(F)F)c1.FC(F)(F)c1ccc([S+](c2ccccc2)c2ccccc2)cc1. The van der Waals surface area contributed by atoms with E-state index in [1.54, 1.807) is 12.1 Å². The molecular weight excluding hydrogens is 1170 g/mol. The van der Waals surface area contributed by atoms with Crippen LogP contribution in [0.2, 0.25) is 0 Å². The minimum atomic E-state index is -6.13. The monoisotopic (exact) mass is 1190 g/mol. The second kappa shape index (κ2) is 21.5. The molecule has 0 aliphatic rings. The molecule has 0 spiro atoms. The van der Waals surface area contributed by atoms with Gasteiger partial charge in [0.25, 0.3) is 0 Å². The van der Waals surface area contributed by atoms with E-state index in [1.807, 2.05) is 60.7 Å². The van der Waals surface area contributed by atoms with Crippen molar-refractivity contribution in [3.8, 4) is 0 Å². The highest BCUT2D eigenvalue weighted by Crippen LogP contribution is 2.42. The molecule has 0 saturated carbocycles. The molecular formula is C51H26BF27S. The average Bonchev–Trinajstić information content (AvgIpc) is 3.33. The Morgan fingerprint density at radius 3 is 0.550 bits per heavy atom. The largest absolute Gasteiger partial charge is 0.416 e. The van der Waals surface area contributed by atoms with Crippen molar-refractivity contribution in [3.63, 3.8) is 0 Å². The van der Waals surface area contributed by atoms with Crippen molar-refractivity contribution < 1.29 is 119 Å². The van der Waals surface area contributed by atoms with Gasteiger partial charge in [-0.1, -0.05) is 84.9 Å². The molecule has 7 rings (SSSR count). The molecule has 0 aliphatic carbocycles. The number of hydrogen-bond acceptors (Lipinski definition) is 0. The van der Waals surface area contributed by atoms with E-state index >= 15 is 0 Å². The number of rotatable bonds is 7. The minimum absolute atomic E-state index is 0.417. The molecule has 0 amide bonds. The first kappa shape index (κ1) is 62.3. The van der Waals surface area contributed by atoms with Gasteiger partial charge in [0.05, 0.1) is 61.0 Å². The lowest BCUT2D eigenvalue weighted by atomic mass is 9.12. The van der Waals surface area contributed by atoms with Crippen LogP contribution in [0.5, 0.6) is 0 Å².